The maximum Gasteiger partial charge on any atom is 0.246 e. The summed E-state index contributed by atoms with van der Waals surface area (Å²) in [5.41, 5.74) is 8.10. The minimum Gasteiger partial charge on any atom is -0.457 e. The highest BCUT2D eigenvalue weighted by Crippen LogP contribution is 2.23. The number of carbonyl (C=O) groups is 1. The Balaban J connectivity index is 1.41. The predicted octanol–water partition coefficient (Wildman–Crippen LogP) is 4.90. The van der Waals surface area contributed by atoms with Crippen LogP contribution in [0.4, 0.5) is 5.82 Å². The van der Waals surface area contributed by atoms with Crippen molar-refractivity contribution in [3.05, 3.63) is 121 Å². The number of nitrogens with one attached hydrogen (secondary N) is 2. The quantitative estimate of drug-likeness (QED) is 0.173. The number of carbonyl (C=O) groups excluding carboxylic acids is 1. The van der Waals surface area contributed by atoms with Gasteiger partial charge < -0.3 is 25.6 Å². The molecule has 1 atom stereocenters. The van der Waals surface area contributed by atoms with Gasteiger partial charge in [0.1, 0.15) is 23.2 Å². The number of pyridine rings is 1. The molecule has 2 heterocycles. The lowest BCUT2D eigenvalue weighted by Gasteiger charge is -2.18. The van der Waals surface area contributed by atoms with Crippen LogP contribution in [0.5, 0.6) is 11.5 Å². The molecule has 1 fully saturated rings. The first-order valence-corrected chi connectivity index (χ1v) is 13.8. The van der Waals surface area contributed by atoms with Crippen LogP contribution in [0.15, 0.2) is 120 Å². The number of aliphatic imine (C=N–C) groups is 1. The lowest BCUT2D eigenvalue weighted by molar-refractivity contribution is -0.125. The molecular formula is C33H37N7O2. The van der Waals surface area contributed by atoms with Gasteiger partial charge in [0.15, 0.2) is 0 Å². The third-order valence-corrected chi connectivity index (χ3v) is 6.71. The van der Waals surface area contributed by atoms with Crippen LogP contribution in [0.2, 0.25) is 0 Å². The maximum absolute atomic E-state index is 12.8. The molecule has 2 aromatic carbocycles. The van der Waals surface area contributed by atoms with Crippen LogP contribution in [0, 0.1) is 5.41 Å². The number of para-hydroxylation sites is 1. The summed E-state index contributed by atoms with van der Waals surface area (Å²) >= 11 is 0. The van der Waals surface area contributed by atoms with E-state index < -0.39 is 0 Å². The van der Waals surface area contributed by atoms with Gasteiger partial charge in [0.2, 0.25) is 5.91 Å². The fourth-order valence-corrected chi connectivity index (χ4v) is 4.55. The van der Waals surface area contributed by atoms with Gasteiger partial charge in [-0.25, -0.2) is 4.98 Å². The third kappa shape index (κ3) is 7.94. The lowest BCUT2D eigenvalue weighted by Crippen LogP contribution is -2.31. The lowest BCUT2D eigenvalue weighted by atomic mass is 9.99. The molecular weight excluding hydrogens is 526 g/mol. The summed E-state index contributed by atoms with van der Waals surface area (Å²) in [6.45, 7) is 7.16. The summed E-state index contributed by atoms with van der Waals surface area (Å²) < 4.78 is 5.88. The molecule has 3 aromatic rings. The second-order valence-electron chi connectivity index (χ2n) is 9.90. The van der Waals surface area contributed by atoms with Crippen molar-refractivity contribution < 1.29 is 9.53 Å². The van der Waals surface area contributed by atoms with Crippen molar-refractivity contribution >= 4 is 23.3 Å². The first kappa shape index (κ1) is 29.8. The Morgan fingerprint density at radius 3 is 2.55 bits per heavy atom. The highest BCUT2D eigenvalue weighted by atomic mass is 16.5. The van der Waals surface area contributed by atoms with Crippen molar-refractivity contribution in [3.8, 4) is 11.5 Å². The number of amidine groups is 1. The van der Waals surface area contributed by atoms with Crippen molar-refractivity contribution in [2.75, 3.05) is 31.6 Å². The second-order valence-corrected chi connectivity index (χ2v) is 9.90. The van der Waals surface area contributed by atoms with Crippen molar-refractivity contribution in [2.24, 2.45) is 10.7 Å². The van der Waals surface area contributed by atoms with Crippen molar-refractivity contribution in [1.29, 1.82) is 5.41 Å². The summed E-state index contributed by atoms with van der Waals surface area (Å²) in [4.78, 5) is 25.8. The number of hydrogen-bond acceptors (Lipinski definition) is 7. The Morgan fingerprint density at radius 2 is 1.88 bits per heavy atom. The van der Waals surface area contributed by atoms with Crippen LogP contribution in [-0.2, 0) is 4.79 Å². The molecule has 0 aliphatic carbocycles. The van der Waals surface area contributed by atoms with Crippen LogP contribution < -0.4 is 20.7 Å². The molecule has 0 radical (unpaired) electrons. The highest BCUT2D eigenvalue weighted by Gasteiger charge is 2.26. The molecule has 1 aliphatic rings. The van der Waals surface area contributed by atoms with E-state index in [-0.39, 0.29) is 17.7 Å². The summed E-state index contributed by atoms with van der Waals surface area (Å²) in [6.07, 6.45) is 7.40. The molecule has 1 unspecified atom stereocenters. The van der Waals surface area contributed by atoms with Crippen LogP contribution in [0.1, 0.15) is 18.9 Å². The van der Waals surface area contributed by atoms with Gasteiger partial charge in [-0.05, 0) is 68.1 Å². The maximum atomic E-state index is 12.8. The number of aromatic nitrogens is 1. The van der Waals surface area contributed by atoms with Gasteiger partial charge in [-0.15, -0.1) is 0 Å². The number of likely N-dealkylation sites (tertiary alicyclic amines) is 1. The SMILES string of the molecule is C=CNC(=NC1CCN(C(=O)/C=C/CN(C)c2ccccn2)C1)/C(C(=N)c1ccc(Oc2ccccc2)cc1)=C(\C)N. The zero-order chi connectivity index (χ0) is 29.9. The van der Waals surface area contributed by atoms with E-state index in [0.29, 0.717) is 54.5 Å². The Morgan fingerprint density at radius 1 is 1.17 bits per heavy atom. The third-order valence-electron chi connectivity index (χ3n) is 6.71. The second kappa shape index (κ2) is 14.5. The minimum atomic E-state index is -0.148. The van der Waals surface area contributed by atoms with Crippen LogP contribution >= 0.6 is 0 Å². The van der Waals surface area contributed by atoms with Gasteiger partial charge in [0, 0.05) is 50.2 Å². The smallest absolute Gasteiger partial charge is 0.246 e. The number of benzene rings is 2. The number of hydrogen-bond donors (Lipinski definition) is 3. The number of anilines is 1. The van der Waals surface area contributed by atoms with Crippen molar-refractivity contribution in [2.45, 2.75) is 19.4 Å². The van der Waals surface area contributed by atoms with Crippen LogP contribution in [-0.4, -0.2) is 60.1 Å². The van der Waals surface area contributed by atoms with E-state index in [9.17, 15) is 4.79 Å². The first-order chi connectivity index (χ1) is 20.4. The number of amides is 1. The van der Waals surface area contributed by atoms with Gasteiger partial charge in [-0.1, -0.05) is 36.9 Å². The molecule has 0 bridgehead atoms. The van der Waals surface area contributed by atoms with Gasteiger partial charge in [0.25, 0.3) is 0 Å². The standard InChI is InChI=1S/C33H37N7O2/c1-4-36-33(31(24(2)34)32(35)25-15-17-28(18-16-25)42-27-11-6-5-7-12-27)38-26-19-22-40(23-26)30(41)14-10-21-39(3)29-13-8-9-20-37-29/h4-18,20,26,35H,1,19,21-23,34H2,2-3H3,(H,36,38)/b14-10+,31-24+,35-32?. The fraction of sp³-hybridized carbons (Fsp3) is 0.212. The van der Waals surface area contributed by atoms with E-state index in [2.05, 4.69) is 16.9 Å². The molecule has 4 rings (SSSR count). The summed E-state index contributed by atoms with van der Waals surface area (Å²) in [5, 5.41) is 12.0. The van der Waals surface area contributed by atoms with Gasteiger partial charge in [0.05, 0.1) is 17.3 Å². The molecule has 42 heavy (non-hydrogen) atoms. The Labute approximate surface area is 247 Å². The minimum absolute atomic E-state index is 0.0586. The van der Waals surface area contributed by atoms with E-state index >= 15 is 0 Å². The van der Waals surface area contributed by atoms with E-state index in [1.165, 1.54) is 6.20 Å². The average Bonchev–Trinajstić information content (AvgIpc) is 3.47. The van der Waals surface area contributed by atoms with E-state index in [1.54, 1.807) is 24.1 Å². The topological polar surface area (TPSA) is 120 Å². The number of likely N-dealkylation sites (N-methyl/N-ethyl adjacent to an activating group) is 1. The number of rotatable bonds is 11. The molecule has 4 N–H and O–H groups in total. The molecule has 0 saturated carbocycles. The van der Waals surface area contributed by atoms with E-state index in [4.69, 9.17) is 20.9 Å². The number of allylic oxidation sites excluding steroid dienone is 1. The molecule has 9 nitrogen and oxygen atoms in total. The molecule has 1 aliphatic heterocycles. The summed E-state index contributed by atoms with van der Waals surface area (Å²) in [5.74, 6) is 2.63. The zero-order valence-electron chi connectivity index (χ0n) is 24.0. The number of nitrogens with two attached hydrogens (primary N) is 1. The molecule has 1 aromatic heterocycles. The Kier molecular flexibility index (Phi) is 10.3. The fourth-order valence-electron chi connectivity index (χ4n) is 4.55. The predicted molar refractivity (Wildman–Crippen MR) is 169 cm³/mol. The molecule has 1 amide bonds. The van der Waals surface area contributed by atoms with Gasteiger partial charge in [-0.2, -0.15) is 0 Å². The largest absolute Gasteiger partial charge is 0.457 e. The monoisotopic (exact) mass is 563 g/mol. The van der Waals surface area contributed by atoms with Crippen molar-refractivity contribution in [3.63, 3.8) is 0 Å². The zero-order valence-corrected chi connectivity index (χ0v) is 24.0. The average molecular weight is 564 g/mol. The summed E-state index contributed by atoms with van der Waals surface area (Å²) in [6, 6.07) is 22.4. The van der Waals surface area contributed by atoms with Crippen LogP contribution in [0.3, 0.4) is 0 Å². The van der Waals surface area contributed by atoms with E-state index in [0.717, 1.165) is 11.6 Å². The number of ether oxygens (including phenoxy) is 1. The Bertz CT molecular complexity index is 1460. The molecule has 9 heteroatoms. The number of nitrogens with zero attached hydrogens (tertiary/aromatic N) is 4. The van der Waals surface area contributed by atoms with Crippen LogP contribution in [0.25, 0.3) is 0 Å². The molecule has 216 valence electrons. The Hall–Kier alpha value is -5.18. The normalized spacial score (nSPS) is 15.7. The van der Waals surface area contributed by atoms with E-state index in [1.807, 2.05) is 90.8 Å². The highest BCUT2D eigenvalue weighted by molar-refractivity contribution is 6.29. The summed E-state index contributed by atoms with van der Waals surface area (Å²) in [7, 11) is 1.93. The van der Waals surface area contributed by atoms with Gasteiger partial charge >= 0.3 is 0 Å². The first-order valence-electron chi connectivity index (χ1n) is 13.8. The van der Waals surface area contributed by atoms with Crippen molar-refractivity contribution in [1.82, 2.24) is 15.2 Å². The van der Waals surface area contributed by atoms with Gasteiger partial charge in [-0.3, -0.25) is 15.2 Å². The molecule has 0 spiro atoms. The molecule has 1 saturated heterocycles.